The number of ether oxygens (including phenoxy) is 3. The highest BCUT2D eigenvalue weighted by atomic mass is 32.3. The van der Waals surface area contributed by atoms with Gasteiger partial charge >= 0.3 is 5.97 Å². The Balaban J connectivity index is 1.62. The summed E-state index contributed by atoms with van der Waals surface area (Å²) in [6.07, 6.45) is 1.29. The molecule has 1 aliphatic heterocycles. The normalized spacial score (nSPS) is 17.2. The molecular formula is C33H32O4S3. The number of thioether (sulfide) groups is 3. The lowest BCUT2D eigenvalue weighted by Gasteiger charge is -2.44. The first-order valence-corrected chi connectivity index (χ1v) is 15.6. The molecule has 0 aromatic heterocycles. The highest BCUT2D eigenvalue weighted by Gasteiger charge is 2.50. The van der Waals surface area contributed by atoms with Crippen molar-refractivity contribution in [3.05, 3.63) is 115 Å². The topological polar surface area (TPSA) is 44.8 Å². The Morgan fingerprint density at radius 2 is 1.18 bits per heavy atom. The zero-order chi connectivity index (χ0) is 27.8. The lowest BCUT2D eigenvalue weighted by Crippen LogP contribution is -2.43. The fraction of sp³-hybridized carbons (Fsp3) is 0.242. The van der Waals surface area contributed by atoms with Crippen molar-refractivity contribution in [1.82, 2.24) is 0 Å². The first-order valence-electron chi connectivity index (χ1n) is 13.2. The summed E-state index contributed by atoms with van der Waals surface area (Å²) in [7, 11) is 3.29. The number of hydrogen-bond acceptors (Lipinski definition) is 7. The summed E-state index contributed by atoms with van der Waals surface area (Å²) in [5.74, 6) is 0.897. The van der Waals surface area contributed by atoms with Gasteiger partial charge < -0.3 is 14.2 Å². The van der Waals surface area contributed by atoms with Crippen molar-refractivity contribution in [1.29, 1.82) is 0 Å². The van der Waals surface area contributed by atoms with Crippen LogP contribution in [0.25, 0.3) is 0 Å². The van der Waals surface area contributed by atoms with E-state index in [2.05, 4.69) is 72.8 Å². The second kappa shape index (κ2) is 13.6. The molecule has 0 spiro atoms. The standard InChI is InChI=1S/C33H32O4S3/c1-35-25-20-24(21-26(23-25)36-2)22-30-31(18-19-37-32(30)34)33(38-27-12-6-3-7-13-27,39-28-14-8-4-9-15-28)40-29-16-10-5-11-17-29/h3-17,20-21,23,30-31H,18-19,22H2,1-2H3/t30-,31+/m1/s1. The van der Waals surface area contributed by atoms with Crippen molar-refractivity contribution < 1.29 is 19.0 Å². The van der Waals surface area contributed by atoms with Crippen LogP contribution < -0.4 is 9.47 Å². The van der Waals surface area contributed by atoms with Gasteiger partial charge in [0.1, 0.15) is 14.9 Å². The molecule has 0 amide bonds. The van der Waals surface area contributed by atoms with Gasteiger partial charge in [0.05, 0.1) is 26.7 Å². The van der Waals surface area contributed by atoms with E-state index < -0.39 is 3.41 Å². The van der Waals surface area contributed by atoms with E-state index >= 15 is 0 Å². The van der Waals surface area contributed by atoms with E-state index in [9.17, 15) is 4.79 Å². The first-order chi connectivity index (χ1) is 19.6. The molecule has 40 heavy (non-hydrogen) atoms. The van der Waals surface area contributed by atoms with Crippen molar-refractivity contribution in [3.63, 3.8) is 0 Å². The summed E-state index contributed by atoms with van der Waals surface area (Å²) < 4.78 is 16.3. The number of methoxy groups -OCH3 is 2. The Bertz CT molecular complexity index is 1260. The van der Waals surface area contributed by atoms with Crippen molar-refractivity contribution in [2.75, 3.05) is 20.8 Å². The van der Waals surface area contributed by atoms with Gasteiger partial charge in [0, 0.05) is 26.7 Å². The Kier molecular flexibility index (Phi) is 9.68. The van der Waals surface area contributed by atoms with Gasteiger partial charge in [-0.1, -0.05) is 89.9 Å². The van der Waals surface area contributed by atoms with Gasteiger partial charge in [-0.15, -0.1) is 0 Å². The molecule has 1 saturated heterocycles. The summed E-state index contributed by atoms with van der Waals surface area (Å²) in [6, 6.07) is 37.3. The summed E-state index contributed by atoms with van der Waals surface area (Å²) in [5, 5.41) is 0. The Hall–Kier alpha value is -3.00. The average Bonchev–Trinajstić information content (AvgIpc) is 2.99. The third-order valence-electron chi connectivity index (χ3n) is 6.79. The fourth-order valence-electron chi connectivity index (χ4n) is 4.89. The predicted molar refractivity (Wildman–Crippen MR) is 165 cm³/mol. The Morgan fingerprint density at radius 1 is 0.725 bits per heavy atom. The van der Waals surface area contributed by atoms with Crippen LogP contribution in [0, 0.1) is 11.8 Å². The number of cyclic esters (lactones) is 1. The molecule has 0 bridgehead atoms. The van der Waals surface area contributed by atoms with Gasteiger partial charge in [0.25, 0.3) is 0 Å². The van der Waals surface area contributed by atoms with Gasteiger partial charge in [0.15, 0.2) is 0 Å². The zero-order valence-corrected chi connectivity index (χ0v) is 25.0. The summed E-state index contributed by atoms with van der Waals surface area (Å²) in [6.45, 7) is 0.406. The highest BCUT2D eigenvalue weighted by Crippen LogP contribution is 2.62. The van der Waals surface area contributed by atoms with Crippen LogP contribution in [0.5, 0.6) is 11.5 Å². The molecule has 1 heterocycles. The molecule has 0 N–H and O–H groups in total. The molecular weight excluding hydrogens is 557 g/mol. The summed E-state index contributed by atoms with van der Waals surface area (Å²) >= 11 is 5.50. The lowest BCUT2D eigenvalue weighted by molar-refractivity contribution is -0.156. The molecule has 1 fully saturated rings. The number of hydrogen-bond donors (Lipinski definition) is 0. The quantitative estimate of drug-likeness (QED) is 0.0989. The third-order valence-corrected chi connectivity index (χ3v) is 11.6. The maximum absolute atomic E-state index is 13.6. The first kappa shape index (κ1) is 28.5. The maximum Gasteiger partial charge on any atom is 0.309 e. The SMILES string of the molecule is COc1cc(C[C@H]2C(=O)OCC[C@@H]2C(Sc2ccccc2)(Sc2ccccc2)Sc2ccccc2)cc(OC)c1. The van der Waals surface area contributed by atoms with E-state index in [4.69, 9.17) is 14.2 Å². The Labute approximate surface area is 249 Å². The van der Waals surface area contributed by atoms with Gasteiger partial charge in [-0.3, -0.25) is 4.79 Å². The van der Waals surface area contributed by atoms with Crippen LogP contribution in [0.3, 0.4) is 0 Å². The van der Waals surface area contributed by atoms with Crippen LogP contribution in [0.4, 0.5) is 0 Å². The minimum Gasteiger partial charge on any atom is -0.497 e. The highest BCUT2D eigenvalue weighted by molar-refractivity contribution is 8.33. The minimum absolute atomic E-state index is 0.00781. The average molecular weight is 589 g/mol. The second-order valence-electron chi connectivity index (χ2n) is 9.44. The molecule has 2 atom stereocenters. The minimum atomic E-state index is -0.461. The fourth-order valence-corrected chi connectivity index (χ4v) is 10.3. The smallest absolute Gasteiger partial charge is 0.309 e. The molecule has 4 aromatic carbocycles. The van der Waals surface area contributed by atoms with Gasteiger partial charge in [-0.25, -0.2) is 0 Å². The molecule has 5 rings (SSSR count). The molecule has 4 nitrogen and oxygen atoms in total. The van der Waals surface area contributed by atoms with E-state index in [0.717, 1.165) is 26.7 Å². The van der Waals surface area contributed by atoms with Crippen molar-refractivity contribution in [3.8, 4) is 11.5 Å². The molecule has 7 heteroatoms. The van der Waals surface area contributed by atoms with Gasteiger partial charge in [-0.2, -0.15) is 0 Å². The Morgan fingerprint density at radius 3 is 1.60 bits per heavy atom. The number of benzene rings is 4. The van der Waals surface area contributed by atoms with Crippen molar-refractivity contribution >= 4 is 41.3 Å². The second-order valence-corrected chi connectivity index (χ2v) is 14.2. The molecule has 0 radical (unpaired) electrons. The third kappa shape index (κ3) is 7.00. The number of carbonyl (C=O) groups excluding carboxylic acids is 1. The van der Waals surface area contributed by atoms with E-state index in [1.54, 1.807) is 14.2 Å². The van der Waals surface area contributed by atoms with E-state index in [0.29, 0.717) is 24.5 Å². The van der Waals surface area contributed by atoms with E-state index in [1.807, 2.05) is 71.7 Å². The molecule has 206 valence electrons. The lowest BCUT2D eigenvalue weighted by atomic mass is 9.84. The van der Waals surface area contributed by atoms with Crippen LogP contribution >= 0.6 is 35.3 Å². The molecule has 4 aromatic rings. The van der Waals surface area contributed by atoms with Crippen LogP contribution in [0.15, 0.2) is 124 Å². The number of esters is 1. The van der Waals surface area contributed by atoms with E-state index in [1.165, 1.54) is 0 Å². The number of carbonyl (C=O) groups is 1. The molecule has 0 saturated carbocycles. The zero-order valence-electron chi connectivity index (χ0n) is 22.5. The van der Waals surface area contributed by atoms with Gasteiger partial charge in [-0.05, 0) is 66.9 Å². The van der Waals surface area contributed by atoms with Crippen LogP contribution in [0.2, 0.25) is 0 Å². The largest absolute Gasteiger partial charge is 0.497 e. The van der Waals surface area contributed by atoms with Crippen molar-refractivity contribution in [2.24, 2.45) is 11.8 Å². The monoisotopic (exact) mass is 588 g/mol. The van der Waals surface area contributed by atoms with Crippen LogP contribution in [0.1, 0.15) is 12.0 Å². The van der Waals surface area contributed by atoms with Crippen LogP contribution in [-0.4, -0.2) is 30.2 Å². The summed E-state index contributed by atoms with van der Waals surface area (Å²) in [4.78, 5) is 17.1. The molecule has 0 aliphatic carbocycles. The van der Waals surface area contributed by atoms with Crippen molar-refractivity contribution in [2.45, 2.75) is 30.9 Å². The van der Waals surface area contributed by atoms with Crippen LogP contribution in [-0.2, 0) is 16.0 Å². The van der Waals surface area contributed by atoms with E-state index in [-0.39, 0.29) is 17.8 Å². The molecule has 0 unspecified atom stereocenters. The maximum atomic E-state index is 13.6. The van der Waals surface area contributed by atoms with Gasteiger partial charge in [0.2, 0.25) is 0 Å². The predicted octanol–water partition coefficient (Wildman–Crippen LogP) is 8.46. The number of rotatable bonds is 11. The molecule has 1 aliphatic rings. The summed E-state index contributed by atoms with van der Waals surface area (Å²) in [5.41, 5.74) is 0.984.